The molecule has 0 spiro atoms. The van der Waals surface area contributed by atoms with Crippen LogP contribution < -0.4 is 14.2 Å². The van der Waals surface area contributed by atoms with Gasteiger partial charge in [-0.15, -0.1) is 0 Å². The number of carbonyl (C=O) groups is 2. The molecule has 528 valence electrons. The Morgan fingerprint density at radius 1 is 0.333 bits per heavy atom. The fourth-order valence-electron chi connectivity index (χ4n) is 8.80. The van der Waals surface area contributed by atoms with E-state index in [4.69, 9.17) is 51.7 Å². The highest BCUT2D eigenvalue weighted by Gasteiger charge is 2.61. The van der Waals surface area contributed by atoms with E-state index >= 15 is 0 Å². The van der Waals surface area contributed by atoms with Gasteiger partial charge in [-0.2, -0.15) is 81.5 Å². The van der Waals surface area contributed by atoms with E-state index in [9.17, 15) is 150 Å². The third-order valence-electron chi connectivity index (χ3n) is 12.2. The zero-order chi connectivity index (χ0) is 68.7. The number of rotatable bonds is 29. The van der Waals surface area contributed by atoms with Crippen molar-refractivity contribution >= 4 is 94.8 Å². The monoisotopic (exact) mass is 1490 g/mol. The Labute approximate surface area is 502 Å². The maximum Gasteiger partial charge on any atom is 0.397 e. The number of nitrogens with one attached hydrogen (secondary N) is 3. The van der Waals surface area contributed by atoms with E-state index in [0.29, 0.717) is 0 Å². The van der Waals surface area contributed by atoms with Gasteiger partial charge in [-0.25, -0.2) is 30.5 Å². The summed E-state index contributed by atoms with van der Waals surface area (Å²) in [7, 11) is -46.7. The number of carboxylic acids is 2. The summed E-state index contributed by atoms with van der Waals surface area (Å²) in [6.45, 7) is -5.16. The summed E-state index contributed by atoms with van der Waals surface area (Å²) < 4.78 is 339. The van der Waals surface area contributed by atoms with Crippen LogP contribution in [0.4, 0.5) is 0 Å². The van der Waals surface area contributed by atoms with Gasteiger partial charge in [0.15, 0.2) is 49.8 Å². The van der Waals surface area contributed by atoms with Gasteiger partial charge in [0.2, 0.25) is 0 Å². The Morgan fingerprint density at radius 3 is 1.14 bits per heavy atom. The average Bonchev–Trinajstić information content (AvgIpc) is 0.774. The molecule has 5 aliphatic heterocycles. The maximum absolute atomic E-state index is 12.9. The van der Waals surface area contributed by atoms with Gasteiger partial charge in [0.25, 0.3) is 0 Å². The topological polar surface area (TPSA) is 816 Å². The number of hydrogen-bond donors (Lipinski definition) is 20. The third-order valence-corrected chi connectivity index (χ3v) is 16.2. The molecule has 5 heterocycles. The van der Waals surface area contributed by atoms with Crippen LogP contribution >= 0.6 is 0 Å². The predicted molar refractivity (Wildman–Crippen MR) is 257 cm³/mol. The van der Waals surface area contributed by atoms with Crippen molar-refractivity contribution < 1.29 is 223 Å². The van der Waals surface area contributed by atoms with Gasteiger partial charge >= 0.3 is 94.8 Å². The molecule has 0 aromatic heterocycles. The quantitative estimate of drug-likeness (QED) is 0.0309. The van der Waals surface area contributed by atoms with Crippen LogP contribution in [0.1, 0.15) is 0 Å². The molecule has 0 radical (unpaired) electrons. The zero-order valence-electron chi connectivity index (χ0n) is 43.0. The van der Waals surface area contributed by atoms with Crippen LogP contribution in [0.2, 0.25) is 0 Å². The molecule has 5 fully saturated rings. The summed E-state index contributed by atoms with van der Waals surface area (Å²) in [6, 6.07) is -8.42. The summed E-state index contributed by atoms with van der Waals surface area (Å²) in [6.07, 6.45) is -64.7. The minimum absolute atomic E-state index is 1.09. The lowest BCUT2D eigenvalue weighted by Gasteiger charge is -2.50. The van der Waals surface area contributed by atoms with Crippen LogP contribution in [-0.2, 0) is 156 Å². The molecule has 0 bridgehead atoms. The Morgan fingerprint density at radius 2 is 0.700 bits per heavy atom. The van der Waals surface area contributed by atoms with Crippen molar-refractivity contribution in [1.82, 2.24) is 14.2 Å². The molecule has 0 saturated carbocycles. The van der Waals surface area contributed by atoms with Gasteiger partial charge in [-0.3, -0.25) is 36.4 Å². The molecule has 60 heteroatoms. The molecule has 52 nitrogen and oxygen atoms in total. The first kappa shape index (κ1) is 78.0. The van der Waals surface area contributed by atoms with Gasteiger partial charge in [0.1, 0.15) is 104 Å². The number of aliphatic hydroxyl groups is 7. The van der Waals surface area contributed by atoms with E-state index < -0.39 is 268 Å². The zero-order valence-corrected chi connectivity index (χ0v) is 49.5. The van der Waals surface area contributed by atoms with Crippen LogP contribution in [-0.4, -0.2) is 335 Å². The highest BCUT2D eigenvalue weighted by atomic mass is 32.3. The lowest BCUT2D eigenvalue weighted by atomic mass is 9.94. The molecule has 5 aliphatic rings. The van der Waals surface area contributed by atoms with Crippen LogP contribution in [0.25, 0.3) is 0 Å². The molecule has 0 aliphatic carbocycles. The molecule has 0 aromatic rings. The molecular formula is C30H51N3O49S8. The van der Waals surface area contributed by atoms with E-state index in [1.807, 2.05) is 0 Å². The van der Waals surface area contributed by atoms with Gasteiger partial charge in [-0.1, -0.05) is 0 Å². The van der Waals surface area contributed by atoms with Gasteiger partial charge in [-0.05, 0) is 0 Å². The summed E-state index contributed by atoms with van der Waals surface area (Å²) in [5, 5.41) is 97.8. The number of hydrogen-bond acceptors (Lipinski definition) is 39. The second-order valence-corrected chi connectivity index (χ2v) is 27.4. The van der Waals surface area contributed by atoms with Crippen LogP contribution in [0, 0.1) is 0 Å². The van der Waals surface area contributed by atoms with E-state index in [1.165, 1.54) is 9.44 Å². The number of carboxylic acid groups (broad SMARTS) is 2. The van der Waals surface area contributed by atoms with E-state index in [2.05, 4.69) is 20.9 Å². The number of aliphatic hydroxyl groups excluding tert-OH is 7. The van der Waals surface area contributed by atoms with Crippen LogP contribution in [0.15, 0.2) is 0 Å². The second kappa shape index (κ2) is 29.3. The largest absolute Gasteiger partial charge is 0.479 e. The summed E-state index contributed by atoms with van der Waals surface area (Å²) in [5.74, 6) is -4.94. The van der Waals surface area contributed by atoms with E-state index in [1.54, 1.807) is 0 Å². The summed E-state index contributed by atoms with van der Waals surface area (Å²) in [4.78, 5) is 25.7. The first-order valence-corrected chi connectivity index (χ1v) is 34.3. The lowest BCUT2D eigenvalue weighted by molar-refractivity contribution is -0.372. The molecule has 0 unspecified atom stereocenters. The summed E-state index contributed by atoms with van der Waals surface area (Å²) >= 11 is 0. The van der Waals surface area contributed by atoms with Crippen molar-refractivity contribution in [2.75, 3.05) is 19.8 Å². The maximum atomic E-state index is 12.9. The van der Waals surface area contributed by atoms with Crippen molar-refractivity contribution in [1.29, 1.82) is 0 Å². The standard InChI is InChI=1S/C30H51N3O49S8/c34-10-4(1-69-86(54,55)56)73-27(8(11(10)35)32-84(48,49)50)77-19-13(37)14(38)29(79-22(19)24(40)41)76-17-6(3-71-88(60,61)62)74-28(9(33-85(51,52)53)18(17)81-89(63,64)65)78-20-15(39)21(82-90(66,67)68)30(80-23(20)25(42)43)75-16-5(2-70-87(57,58)59)72-26(44)7(12(16)36)31-83(45,46)47/h4-23,26-39,44H,1-3H2,(H,40,41)(H,42,43)(H,45,46,47)(H,48,49,50)(H,51,52,53)(H,54,55,56)(H,57,58,59)(H,60,61,62)(H,63,64,65)(H,66,67,68)/t4-,5-,6-,7-,8-,9-,10-,11-,12-,13-,14-,15+,16-,17-,18-,19+,20+,21-,22+,23-,26-,27-,28-,29-,30-/m1/s1. The minimum atomic E-state index is -6.36. The Kier molecular flexibility index (Phi) is 25.4. The smallest absolute Gasteiger partial charge is 0.397 e. The normalized spacial score (nSPS) is 38.9. The molecule has 0 aromatic carbocycles. The molecule has 20 N–H and O–H groups in total. The molecule has 5 saturated heterocycles. The number of ether oxygens (including phenoxy) is 9. The predicted octanol–water partition coefficient (Wildman–Crippen LogP) is -14.4. The summed E-state index contributed by atoms with van der Waals surface area (Å²) in [5.41, 5.74) is 0. The highest BCUT2D eigenvalue weighted by Crippen LogP contribution is 2.38. The fraction of sp³-hybridized carbons (Fsp3) is 0.933. The Bertz CT molecular complexity index is 3470. The Hall–Kier alpha value is -2.74. The highest BCUT2D eigenvalue weighted by molar-refractivity contribution is 7.84. The van der Waals surface area contributed by atoms with Crippen molar-refractivity contribution in [3.05, 3.63) is 0 Å². The second-order valence-electron chi connectivity index (χ2n) is 18.5. The first-order chi connectivity index (χ1) is 40.6. The minimum Gasteiger partial charge on any atom is -0.479 e. The van der Waals surface area contributed by atoms with Crippen molar-refractivity contribution in [2.45, 2.75) is 153 Å². The average molecular weight is 1490 g/mol. The van der Waals surface area contributed by atoms with Crippen LogP contribution in [0.5, 0.6) is 0 Å². The molecule has 90 heavy (non-hydrogen) atoms. The third kappa shape index (κ3) is 22.4. The van der Waals surface area contributed by atoms with Gasteiger partial charge < -0.3 is 88.6 Å². The van der Waals surface area contributed by atoms with Crippen LogP contribution in [0.3, 0.4) is 0 Å². The molecule has 25 atom stereocenters. The first-order valence-electron chi connectivity index (χ1n) is 23.2. The van der Waals surface area contributed by atoms with Crippen molar-refractivity contribution in [3.63, 3.8) is 0 Å². The van der Waals surface area contributed by atoms with Gasteiger partial charge in [0.05, 0.1) is 19.8 Å². The SMILES string of the molecule is O=C(O)[C@H]1O[C@@H](O[C@H]2[C@H](OS(=O)(=O)O)[C@@H](NS(=O)(=O)O)[C@@H](O[C@H]3[C@H](O)[C@@H](OS(=O)(=O)O)[C@H](O[C@H]4[C@H](O)[C@@H](NS(=O)(=O)O)[C@H](O)O[C@@H]4COS(=O)(=O)O)O[C@H]3C(=O)O)O[C@@H]2COS(=O)(=O)O)[C@H](O)[C@@H](O)[C@@H]1O[C@H]1O[C@H](COS(=O)(=O)O)[C@@H](O)[C@H](O)[C@H]1NS(=O)(=O)O. The fourth-order valence-corrected chi connectivity index (χ4v) is 12.5. The lowest BCUT2D eigenvalue weighted by Crippen LogP contribution is -2.71. The van der Waals surface area contributed by atoms with Crippen molar-refractivity contribution in [2.24, 2.45) is 0 Å². The molecule has 5 rings (SSSR count). The molecule has 0 amide bonds. The van der Waals surface area contributed by atoms with Gasteiger partial charge in [0, 0.05) is 0 Å². The molecular weight excluding hydrogens is 1440 g/mol. The van der Waals surface area contributed by atoms with E-state index in [-0.39, 0.29) is 0 Å². The van der Waals surface area contributed by atoms with E-state index in [0.717, 1.165) is 4.72 Å². The number of aliphatic carboxylic acids is 2. The van der Waals surface area contributed by atoms with Crippen molar-refractivity contribution in [3.8, 4) is 0 Å². The Balaban J connectivity index is 1.59.